The number of benzene rings is 1. The van der Waals surface area contributed by atoms with E-state index in [0.29, 0.717) is 25.1 Å². The Morgan fingerprint density at radius 3 is 2.78 bits per heavy atom. The SMILES string of the molecule is CCOc1ccc(NC(=O)C2(C#N)CC2)cc1C. The average molecular weight is 244 g/mol. The van der Waals surface area contributed by atoms with Crippen molar-refractivity contribution in [2.75, 3.05) is 11.9 Å². The van der Waals surface area contributed by atoms with Gasteiger partial charge in [0, 0.05) is 5.69 Å². The number of nitriles is 1. The fourth-order valence-electron chi connectivity index (χ4n) is 1.81. The summed E-state index contributed by atoms with van der Waals surface area (Å²) >= 11 is 0. The molecule has 1 aromatic rings. The second-order valence-corrected chi connectivity index (χ2v) is 4.56. The highest BCUT2D eigenvalue weighted by atomic mass is 16.5. The van der Waals surface area contributed by atoms with Gasteiger partial charge in [-0.2, -0.15) is 5.26 Å². The molecule has 0 aromatic heterocycles. The van der Waals surface area contributed by atoms with Crippen molar-refractivity contribution in [3.63, 3.8) is 0 Å². The van der Waals surface area contributed by atoms with E-state index in [2.05, 4.69) is 11.4 Å². The van der Waals surface area contributed by atoms with Crippen LogP contribution < -0.4 is 10.1 Å². The van der Waals surface area contributed by atoms with E-state index in [4.69, 9.17) is 10.00 Å². The Morgan fingerprint density at radius 2 is 2.28 bits per heavy atom. The molecule has 1 saturated carbocycles. The molecule has 1 N–H and O–H groups in total. The fourth-order valence-corrected chi connectivity index (χ4v) is 1.81. The van der Waals surface area contributed by atoms with Gasteiger partial charge in [0.25, 0.3) is 0 Å². The van der Waals surface area contributed by atoms with Crippen LogP contribution >= 0.6 is 0 Å². The van der Waals surface area contributed by atoms with Crippen LogP contribution in [0.5, 0.6) is 5.75 Å². The van der Waals surface area contributed by atoms with Crippen LogP contribution in [0.15, 0.2) is 18.2 Å². The van der Waals surface area contributed by atoms with E-state index < -0.39 is 5.41 Å². The molecule has 0 radical (unpaired) electrons. The molecule has 1 aliphatic carbocycles. The highest BCUT2D eigenvalue weighted by molar-refractivity contribution is 5.99. The first-order valence-electron chi connectivity index (χ1n) is 6.07. The van der Waals surface area contributed by atoms with Crippen LogP contribution in [-0.2, 0) is 4.79 Å². The number of rotatable bonds is 4. The van der Waals surface area contributed by atoms with E-state index in [0.717, 1.165) is 11.3 Å². The maximum Gasteiger partial charge on any atom is 0.244 e. The quantitative estimate of drug-likeness (QED) is 0.885. The van der Waals surface area contributed by atoms with E-state index >= 15 is 0 Å². The van der Waals surface area contributed by atoms with Crippen molar-refractivity contribution in [3.8, 4) is 11.8 Å². The first-order valence-corrected chi connectivity index (χ1v) is 6.07. The van der Waals surface area contributed by atoms with E-state index in [1.807, 2.05) is 26.0 Å². The van der Waals surface area contributed by atoms with Gasteiger partial charge < -0.3 is 10.1 Å². The molecule has 1 aliphatic rings. The number of carbonyl (C=O) groups is 1. The Balaban J connectivity index is 2.09. The Bertz CT molecular complexity index is 513. The van der Waals surface area contributed by atoms with Crippen molar-refractivity contribution in [2.45, 2.75) is 26.7 Å². The normalized spacial score (nSPS) is 15.6. The summed E-state index contributed by atoms with van der Waals surface area (Å²) < 4.78 is 5.43. The fraction of sp³-hybridized carbons (Fsp3) is 0.429. The van der Waals surface area contributed by atoms with Gasteiger partial charge in [0.05, 0.1) is 12.7 Å². The number of hydrogen-bond donors (Lipinski definition) is 1. The maximum atomic E-state index is 11.9. The largest absolute Gasteiger partial charge is 0.494 e. The van der Waals surface area contributed by atoms with Gasteiger partial charge in [0.1, 0.15) is 11.2 Å². The molecule has 0 spiro atoms. The van der Waals surface area contributed by atoms with E-state index in [1.165, 1.54) is 0 Å². The topological polar surface area (TPSA) is 62.1 Å². The van der Waals surface area contributed by atoms with Crippen molar-refractivity contribution in [3.05, 3.63) is 23.8 Å². The monoisotopic (exact) mass is 244 g/mol. The number of hydrogen-bond acceptors (Lipinski definition) is 3. The molecule has 0 atom stereocenters. The van der Waals surface area contributed by atoms with E-state index in [-0.39, 0.29) is 5.91 Å². The molecule has 0 bridgehead atoms. The predicted octanol–water partition coefficient (Wildman–Crippen LogP) is 2.64. The molecule has 18 heavy (non-hydrogen) atoms. The minimum atomic E-state index is -0.785. The second-order valence-electron chi connectivity index (χ2n) is 4.56. The summed E-state index contributed by atoms with van der Waals surface area (Å²) in [4.78, 5) is 11.9. The van der Waals surface area contributed by atoms with Crippen LogP contribution in [0.4, 0.5) is 5.69 Å². The Kier molecular flexibility index (Phi) is 3.24. The molecule has 0 unspecified atom stereocenters. The molecule has 2 rings (SSSR count). The van der Waals surface area contributed by atoms with Gasteiger partial charge in [0.15, 0.2) is 0 Å². The van der Waals surface area contributed by atoms with Crippen LogP contribution in [-0.4, -0.2) is 12.5 Å². The van der Waals surface area contributed by atoms with Crippen LogP contribution in [0.25, 0.3) is 0 Å². The lowest BCUT2D eigenvalue weighted by molar-refractivity contribution is -0.119. The number of anilines is 1. The third kappa shape index (κ3) is 2.30. The van der Waals surface area contributed by atoms with Gasteiger partial charge in [-0.1, -0.05) is 0 Å². The highest BCUT2D eigenvalue weighted by Crippen LogP contribution is 2.45. The number of carbonyl (C=O) groups excluding carboxylic acids is 1. The Hall–Kier alpha value is -2.02. The zero-order chi connectivity index (χ0) is 13.2. The minimum Gasteiger partial charge on any atom is -0.494 e. The predicted molar refractivity (Wildman–Crippen MR) is 68.3 cm³/mol. The molecule has 1 amide bonds. The number of ether oxygens (including phenoxy) is 1. The summed E-state index contributed by atoms with van der Waals surface area (Å²) in [5.41, 5.74) is 0.894. The summed E-state index contributed by atoms with van der Waals surface area (Å²) in [5.74, 6) is 0.616. The maximum absolute atomic E-state index is 11.9. The number of nitrogens with zero attached hydrogens (tertiary/aromatic N) is 1. The molecular weight excluding hydrogens is 228 g/mol. The van der Waals surface area contributed by atoms with E-state index in [9.17, 15) is 4.79 Å². The molecule has 0 aliphatic heterocycles. The van der Waals surface area contributed by atoms with Crippen molar-refractivity contribution in [1.29, 1.82) is 5.26 Å². The summed E-state index contributed by atoms with van der Waals surface area (Å²) in [7, 11) is 0. The minimum absolute atomic E-state index is 0.200. The van der Waals surface area contributed by atoms with Crippen LogP contribution in [0.1, 0.15) is 25.3 Å². The second kappa shape index (κ2) is 4.69. The lowest BCUT2D eigenvalue weighted by atomic mass is 10.1. The lowest BCUT2D eigenvalue weighted by Gasteiger charge is -2.11. The summed E-state index contributed by atoms with van der Waals surface area (Å²) in [6, 6.07) is 7.57. The smallest absolute Gasteiger partial charge is 0.244 e. The molecular formula is C14H16N2O2. The molecule has 94 valence electrons. The van der Waals surface area contributed by atoms with Crippen molar-refractivity contribution in [1.82, 2.24) is 0 Å². The van der Waals surface area contributed by atoms with Crippen molar-refractivity contribution in [2.24, 2.45) is 5.41 Å². The van der Waals surface area contributed by atoms with E-state index in [1.54, 1.807) is 6.07 Å². The standard InChI is InChI=1S/C14H16N2O2/c1-3-18-12-5-4-11(8-10(12)2)16-13(17)14(9-15)6-7-14/h4-5,8H,3,6-7H2,1-2H3,(H,16,17). The van der Waals surface area contributed by atoms with Crippen molar-refractivity contribution < 1.29 is 9.53 Å². The van der Waals surface area contributed by atoms with Crippen LogP contribution in [0, 0.1) is 23.7 Å². The number of nitrogens with one attached hydrogen (secondary N) is 1. The third-order valence-corrected chi connectivity index (χ3v) is 3.13. The molecule has 1 aromatic carbocycles. The molecule has 4 heteroatoms. The first kappa shape index (κ1) is 12.4. The van der Waals surface area contributed by atoms with Gasteiger partial charge in [-0.15, -0.1) is 0 Å². The average Bonchev–Trinajstić information content (AvgIpc) is 3.14. The molecule has 0 heterocycles. The third-order valence-electron chi connectivity index (χ3n) is 3.13. The molecule has 1 fully saturated rings. The number of amides is 1. The summed E-state index contributed by atoms with van der Waals surface area (Å²) in [6.45, 7) is 4.47. The van der Waals surface area contributed by atoms with Crippen LogP contribution in [0.2, 0.25) is 0 Å². The van der Waals surface area contributed by atoms with Gasteiger partial charge in [-0.25, -0.2) is 0 Å². The van der Waals surface area contributed by atoms with Crippen LogP contribution in [0.3, 0.4) is 0 Å². The Morgan fingerprint density at radius 1 is 1.56 bits per heavy atom. The van der Waals surface area contributed by atoms with Gasteiger partial charge in [0.2, 0.25) is 5.91 Å². The van der Waals surface area contributed by atoms with Gasteiger partial charge in [-0.05, 0) is 50.5 Å². The van der Waals surface area contributed by atoms with Gasteiger partial charge >= 0.3 is 0 Å². The van der Waals surface area contributed by atoms with Gasteiger partial charge in [-0.3, -0.25) is 4.79 Å². The molecule has 4 nitrogen and oxygen atoms in total. The highest BCUT2D eigenvalue weighted by Gasteiger charge is 2.50. The first-order chi connectivity index (χ1) is 8.61. The zero-order valence-corrected chi connectivity index (χ0v) is 10.6. The summed E-state index contributed by atoms with van der Waals surface area (Å²) in [6.07, 6.45) is 1.32. The number of aryl methyl sites for hydroxylation is 1. The Labute approximate surface area is 107 Å². The summed E-state index contributed by atoms with van der Waals surface area (Å²) in [5, 5.41) is 11.7. The molecule has 0 saturated heterocycles. The zero-order valence-electron chi connectivity index (χ0n) is 10.6. The lowest BCUT2D eigenvalue weighted by Crippen LogP contribution is -2.22. The van der Waals surface area contributed by atoms with Crippen molar-refractivity contribution >= 4 is 11.6 Å².